The molecule has 0 aliphatic heterocycles. The van der Waals surface area contributed by atoms with Crippen molar-refractivity contribution >= 4 is 16.8 Å². The summed E-state index contributed by atoms with van der Waals surface area (Å²) in [5.41, 5.74) is 3.59. The number of nitrogens with one attached hydrogen (secondary N) is 1. The Kier molecular flexibility index (Phi) is 6.39. The predicted octanol–water partition coefficient (Wildman–Crippen LogP) is 3.62. The Morgan fingerprint density at radius 1 is 1.10 bits per heavy atom. The second-order valence-corrected chi connectivity index (χ2v) is 8.29. The standard InChI is InChI=1S/C23H31N5O2/c1-7-19(22(29)24-13-12-14(2)3)28-23(30)21-20(16(5)25-28)17(6)27(26-21)18-10-8-15(4)9-11-18/h8-11,14,19H,7,12-13H2,1-6H3,(H,24,29). The number of amides is 1. The molecule has 0 spiro atoms. The maximum Gasteiger partial charge on any atom is 0.295 e. The summed E-state index contributed by atoms with van der Waals surface area (Å²) in [5, 5.41) is 12.8. The summed E-state index contributed by atoms with van der Waals surface area (Å²) < 4.78 is 3.07. The fourth-order valence-corrected chi connectivity index (χ4v) is 3.67. The largest absolute Gasteiger partial charge is 0.354 e. The lowest BCUT2D eigenvalue weighted by atomic mass is 10.1. The molecule has 1 aromatic carbocycles. The average molecular weight is 410 g/mol. The number of aryl methyl sites for hydroxylation is 3. The van der Waals surface area contributed by atoms with Crippen molar-refractivity contribution in [3.05, 3.63) is 51.6 Å². The summed E-state index contributed by atoms with van der Waals surface area (Å²) in [7, 11) is 0. The smallest absolute Gasteiger partial charge is 0.295 e. The van der Waals surface area contributed by atoms with Gasteiger partial charge in [0.25, 0.3) is 5.56 Å². The highest BCUT2D eigenvalue weighted by Gasteiger charge is 2.25. The highest BCUT2D eigenvalue weighted by molar-refractivity contribution is 5.84. The molecule has 0 saturated heterocycles. The molecule has 30 heavy (non-hydrogen) atoms. The van der Waals surface area contributed by atoms with E-state index < -0.39 is 6.04 Å². The van der Waals surface area contributed by atoms with E-state index >= 15 is 0 Å². The number of nitrogens with zero attached hydrogens (tertiary/aromatic N) is 4. The molecule has 160 valence electrons. The lowest BCUT2D eigenvalue weighted by molar-refractivity contribution is -0.124. The van der Waals surface area contributed by atoms with E-state index in [4.69, 9.17) is 0 Å². The van der Waals surface area contributed by atoms with Gasteiger partial charge in [-0.2, -0.15) is 10.2 Å². The Hall–Kier alpha value is -2.96. The van der Waals surface area contributed by atoms with Crippen LogP contribution in [0.25, 0.3) is 16.6 Å². The van der Waals surface area contributed by atoms with Crippen molar-refractivity contribution in [2.24, 2.45) is 5.92 Å². The molecule has 0 aliphatic rings. The Balaban J connectivity index is 2.05. The fourth-order valence-electron chi connectivity index (χ4n) is 3.67. The average Bonchev–Trinajstić information content (AvgIpc) is 3.04. The Bertz CT molecular complexity index is 1110. The van der Waals surface area contributed by atoms with Gasteiger partial charge in [0.05, 0.1) is 22.5 Å². The minimum absolute atomic E-state index is 0.179. The first-order chi connectivity index (χ1) is 14.2. The lowest BCUT2D eigenvalue weighted by Gasteiger charge is -2.17. The third kappa shape index (κ3) is 4.15. The van der Waals surface area contributed by atoms with E-state index in [0.717, 1.165) is 28.8 Å². The van der Waals surface area contributed by atoms with Crippen LogP contribution < -0.4 is 10.9 Å². The molecule has 0 aliphatic carbocycles. The van der Waals surface area contributed by atoms with E-state index in [-0.39, 0.29) is 11.5 Å². The van der Waals surface area contributed by atoms with E-state index in [2.05, 4.69) is 29.4 Å². The Labute approximate surface area is 177 Å². The van der Waals surface area contributed by atoms with Gasteiger partial charge >= 0.3 is 0 Å². The first-order valence-electron chi connectivity index (χ1n) is 10.6. The van der Waals surface area contributed by atoms with Crippen molar-refractivity contribution in [1.29, 1.82) is 0 Å². The van der Waals surface area contributed by atoms with E-state index in [1.807, 2.05) is 52.0 Å². The zero-order valence-corrected chi connectivity index (χ0v) is 18.7. The van der Waals surface area contributed by atoms with E-state index in [1.54, 1.807) is 4.68 Å². The van der Waals surface area contributed by atoms with Crippen LogP contribution in [0.3, 0.4) is 0 Å². The summed E-state index contributed by atoms with van der Waals surface area (Å²) in [6.45, 7) is 12.5. The van der Waals surface area contributed by atoms with E-state index in [9.17, 15) is 9.59 Å². The fraction of sp³-hybridized carbons (Fsp3) is 0.478. The minimum atomic E-state index is -0.655. The molecule has 1 unspecified atom stereocenters. The van der Waals surface area contributed by atoms with Crippen LogP contribution in [-0.4, -0.2) is 32.0 Å². The van der Waals surface area contributed by atoms with Crippen LogP contribution in [0, 0.1) is 26.7 Å². The quantitative estimate of drug-likeness (QED) is 0.646. The topological polar surface area (TPSA) is 81.8 Å². The normalized spacial score (nSPS) is 12.5. The van der Waals surface area contributed by atoms with Gasteiger partial charge in [0, 0.05) is 6.54 Å². The number of hydrogen-bond acceptors (Lipinski definition) is 4. The molecule has 3 aromatic rings. The number of aromatic nitrogens is 4. The van der Waals surface area contributed by atoms with Crippen molar-refractivity contribution in [2.45, 2.75) is 60.4 Å². The molecular formula is C23H31N5O2. The van der Waals surface area contributed by atoms with Crippen LogP contribution in [0.2, 0.25) is 0 Å². The first-order valence-corrected chi connectivity index (χ1v) is 10.6. The predicted molar refractivity (Wildman–Crippen MR) is 119 cm³/mol. The van der Waals surface area contributed by atoms with Crippen LogP contribution in [0.5, 0.6) is 0 Å². The summed E-state index contributed by atoms with van der Waals surface area (Å²) in [5.74, 6) is 0.319. The van der Waals surface area contributed by atoms with Gasteiger partial charge < -0.3 is 5.32 Å². The van der Waals surface area contributed by atoms with Crippen molar-refractivity contribution in [3.63, 3.8) is 0 Å². The molecule has 0 fully saturated rings. The molecule has 1 atom stereocenters. The maximum atomic E-state index is 13.3. The van der Waals surface area contributed by atoms with Crippen LogP contribution >= 0.6 is 0 Å². The molecular weight excluding hydrogens is 378 g/mol. The number of hydrogen-bond donors (Lipinski definition) is 1. The molecule has 7 heteroatoms. The zero-order chi connectivity index (χ0) is 22.0. The van der Waals surface area contributed by atoms with Gasteiger partial charge in [-0.05, 0) is 51.7 Å². The summed E-state index contributed by atoms with van der Waals surface area (Å²) in [6, 6.07) is 7.33. The van der Waals surface area contributed by atoms with Gasteiger partial charge in [-0.25, -0.2) is 9.36 Å². The van der Waals surface area contributed by atoms with Gasteiger partial charge in [0.2, 0.25) is 5.91 Å². The lowest BCUT2D eigenvalue weighted by Crippen LogP contribution is -2.39. The van der Waals surface area contributed by atoms with Gasteiger partial charge in [-0.1, -0.05) is 38.5 Å². The van der Waals surface area contributed by atoms with Crippen LogP contribution in [0.15, 0.2) is 29.1 Å². The molecule has 0 saturated carbocycles. The number of rotatable bonds is 7. The van der Waals surface area contributed by atoms with Crippen molar-refractivity contribution in [3.8, 4) is 5.69 Å². The minimum Gasteiger partial charge on any atom is -0.354 e. The molecule has 3 rings (SSSR count). The van der Waals surface area contributed by atoms with Gasteiger partial charge in [-0.15, -0.1) is 0 Å². The monoisotopic (exact) mass is 409 g/mol. The summed E-state index contributed by atoms with van der Waals surface area (Å²) >= 11 is 0. The van der Waals surface area contributed by atoms with Crippen molar-refractivity contribution in [1.82, 2.24) is 24.9 Å². The SMILES string of the molecule is CCC(C(=O)NCCC(C)C)n1nc(C)c2c(C)n(-c3ccc(C)cc3)nc2c1=O. The highest BCUT2D eigenvalue weighted by atomic mass is 16.2. The van der Waals surface area contributed by atoms with E-state index in [1.165, 1.54) is 4.68 Å². The summed E-state index contributed by atoms with van der Waals surface area (Å²) in [4.78, 5) is 26.0. The van der Waals surface area contributed by atoms with Gasteiger partial charge in [0.15, 0.2) is 5.52 Å². The molecule has 0 radical (unpaired) electrons. The molecule has 0 bridgehead atoms. The molecule has 1 amide bonds. The molecule has 2 heterocycles. The molecule has 1 N–H and O–H groups in total. The van der Waals surface area contributed by atoms with Crippen LogP contribution in [0.1, 0.15) is 56.6 Å². The Morgan fingerprint density at radius 2 is 1.77 bits per heavy atom. The second-order valence-electron chi connectivity index (χ2n) is 8.29. The molecule has 7 nitrogen and oxygen atoms in total. The van der Waals surface area contributed by atoms with Gasteiger partial charge in [-0.3, -0.25) is 9.59 Å². The second kappa shape index (κ2) is 8.81. The third-order valence-corrected chi connectivity index (χ3v) is 5.43. The Morgan fingerprint density at radius 3 is 2.37 bits per heavy atom. The van der Waals surface area contributed by atoms with Crippen LogP contribution in [0.4, 0.5) is 0 Å². The number of fused-ring (bicyclic) bond motifs is 1. The summed E-state index contributed by atoms with van der Waals surface area (Å²) in [6.07, 6.45) is 1.37. The van der Waals surface area contributed by atoms with Crippen molar-refractivity contribution < 1.29 is 4.79 Å². The van der Waals surface area contributed by atoms with Crippen LogP contribution in [-0.2, 0) is 4.79 Å². The third-order valence-electron chi connectivity index (χ3n) is 5.43. The number of benzene rings is 1. The number of carbonyl (C=O) groups is 1. The molecule has 2 aromatic heterocycles. The van der Waals surface area contributed by atoms with Gasteiger partial charge in [0.1, 0.15) is 6.04 Å². The van der Waals surface area contributed by atoms with Crippen molar-refractivity contribution in [2.75, 3.05) is 6.54 Å². The number of carbonyl (C=O) groups excluding carboxylic acids is 1. The maximum absolute atomic E-state index is 13.3. The van der Waals surface area contributed by atoms with E-state index in [0.29, 0.717) is 30.1 Å². The first kappa shape index (κ1) is 21.7. The zero-order valence-electron chi connectivity index (χ0n) is 18.7. The highest BCUT2D eigenvalue weighted by Crippen LogP contribution is 2.22.